The van der Waals surface area contributed by atoms with Crippen LogP contribution >= 0.6 is 0 Å². The molecule has 1 amide bonds. The lowest BCUT2D eigenvalue weighted by Gasteiger charge is -2.11. The molecule has 8 nitrogen and oxygen atoms in total. The first kappa shape index (κ1) is 18.0. The normalized spacial score (nSPS) is 12.5. The average Bonchev–Trinajstić information content (AvgIpc) is 3.31. The molecule has 2 N–H and O–H groups in total. The lowest BCUT2D eigenvalue weighted by Crippen LogP contribution is -2.29. The molecule has 0 saturated carbocycles. The maximum absolute atomic E-state index is 12.8. The Morgan fingerprint density at radius 1 is 1.14 bits per heavy atom. The maximum Gasteiger partial charge on any atom is 0.270 e. The number of aromatic nitrogens is 6. The Hall–Kier alpha value is -3.42. The van der Waals surface area contributed by atoms with E-state index in [0.717, 1.165) is 39.5 Å². The molecule has 1 unspecified atom stereocenters. The summed E-state index contributed by atoms with van der Waals surface area (Å²) in [5.41, 5.74) is 5.92. The highest BCUT2D eigenvalue weighted by Gasteiger charge is 2.21. The van der Waals surface area contributed by atoms with Gasteiger partial charge < -0.3 is 10.3 Å². The number of nitrogens with zero attached hydrogens (tertiary/aromatic N) is 5. The molecule has 0 bridgehead atoms. The number of hydrogen-bond acceptors (Lipinski definition) is 4. The predicted molar refractivity (Wildman–Crippen MR) is 107 cm³/mol. The summed E-state index contributed by atoms with van der Waals surface area (Å²) in [5.74, 6) is 0.518. The fraction of sp³-hybridized carbons (Fsp3) is 0.300. The number of benzene rings is 1. The number of rotatable bonds is 4. The van der Waals surface area contributed by atoms with Crippen molar-refractivity contribution in [2.24, 2.45) is 14.1 Å². The quantitative estimate of drug-likeness (QED) is 0.572. The Bertz CT molecular complexity index is 1150. The van der Waals surface area contributed by atoms with E-state index in [0.29, 0.717) is 5.69 Å². The standard InChI is InChI=1S/C20H23N7O/c1-11-18(13(3)26(4)24-11)16-10-17(27(5)25-16)20(28)21-12(2)19-22-14-8-6-7-9-15(14)23-19/h6-10,12H,1-5H3,(H,21,28)(H,22,23). The number of imidazole rings is 1. The van der Waals surface area contributed by atoms with Crippen molar-refractivity contribution in [3.63, 3.8) is 0 Å². The number of fused-ring (bicyclic) bond motifs is 1. The van der Waals surface area contributed by atoms with Gasteiger partial charge in [-0.15, -0.1) is 0 Å². The number of para-hydroxylation sites is 2. The molecule has 3 heterocycles. The molecular formula is C20H23N7O. The van der Waals surface area contributed by atoms with E-state index in [1.54, 1.807) is 17.8 Å². The molecule has 0 aliphatic heterocycles. The van der Waals surface area contributed by atoms with Crippen LogP contribution in [0, 0.1) is 13.8 Å². The highest BCUT2D eigenvalue weighted by atomic mass is 16.2. The average molecular weight is 377 g/mol. The van der Waals surface area contributed by atoms with Crippen molar-refractivity contribution >= 4 is 16.9 Å². The first-order valence-corrected chi connectivity index (χ1v) is 9.15. The Kier molecular flexibility index (Phi) is 4.26. The van der Waals surface area contributed by atoms with E-state index in [1.165, 1.54) is 0 Å². The molecule has 0 aliphatic rings. The molecule has 1 atom stereocenters. The number of carbonyl (C=O) groups excluding carboxylic acids is 1. The molecule has 0 spiro atoms. The molecule has 4 rings (SSSR count). The molecule has 28 heavy (non-hydrogen) atoms. The minimum Gasteiger partial charge on any atom is -0.341 e. The van der Waals surface area contributed by atoms with Gasteiger partial charge in [0, 0.05) is 25.4 Å². The van der Waals surface area contributed by atoms with Gasteiger partial charge in [-0.1, -0.05) is 12.1 Å². The van der Waals surface area contributed by atoms with Crippen LogP contribution in [-0.4, -0.2) is 35.4 Å². The van der Waals surface area contributed by atoms with Crippen LogP contribution in [0.25, 0.3) is 22.3 Å². The van der Waals surface area contributed by atoms with Gasteiger partial charge in [-0.25, -0.2) is 4.98 Å². The monoisotopic (exact) mass is 377 g/mol. The summed E-state index contributed by atoms with van der Waals surface area (Å²) in [6.45, 7) is 5.84. The summed E-state index contributed by atoms with van der Waals surface area (Å²) in [4.78, 5) is 20.7. The number of amides is 1. The Labute approximate surface area is 162 Å². The van der Waals surface area contributed by atoms with Crippen LogP contribution < -0.4 is 5.32 Å². The lowest BCUT2D eigenvalue weighted by atomic mass is 10.1. The van der Waals surface area contributed by atoms with E-state index in [2.05, 4.69) is 25.5 Å². The smallest absolute Gasteiger partial charge is 0.270 e. The first-order chi connectivity index (χ1) is 13.3. The van der Waals surface area contributed by atoms with Crippen LogP contribution in [0.5, 0.6) is 0 Å². The summed E-state index contributed by atoms with van der Waals surface area (Å²) in [6, 6.07) is 9.34. The summed E-state index contributed by atoms with van der Waals surface area (Å²) >= 11 is 0. The van der Waals surface area contributed by atoms with Gasteiger partial charge in [-0.2, -0.15) is 10.2 Å². The number of aromatic amines is 1. The van der Waals surface area contributed by atoms with Gasteiger partial charge in [0.2, 0.25) is 0 Å². The number of aryl methyl sites for hydroxylation is 3. The van der Waals surface area contributed by atoms with Crippen molar-refractivity contribution in [1.29, 1.82) is 0 Å². The Morgan fingerprint density at radius 3 is 2.57 bits per heavy atom. The fourth-order valence-corrected chi connectivity index (χ4v) is 3.46. The van der Waals surface area contributed by atoms with Gasteiger partial charge in [0.15, 0.2) is 0 Å². The van der Waals surface area contributed by atoms with Crippen LogP contribution in [0.4, 0.5) is 0 Å². The van der Waals surface area contributed by atoms with E-state index >= 15 is 0 Å². The molecule has 0 radical (unpaired) electrons. The van der Waals surface area contributed by atoms with Crippen molar-refractivity contribution in [3.8, 4) is 11.3 Å². The second-order valence-corrected chi connectivity index (χ2v) is 7.04. The predicted octanol–water partition coefficient (Wildman–Crippen LogP) is 2.80. The van der Waals surface area contributed by atoms with Crippen molar-refractivity contribution in [1.82, 2.24) is 34.8 Å². The molecule has 0 fully saturated rings. The van der Waals surface area contributed by atoms with E-state index in [-0.39, 0.29) is 11.9 Å². The lowest BCUT2D eigenvalue weighted by molar-refractivity contribution is 0.0929. The van der Waals surface area contributed by atoms with Gasteiger partial charge in [-0.05, 0) is 39.0 Å². The van der Waals surface area contributed by atoms with Crippen molar-refractivity contribution in [2.75, 3.05) is 0 Å². The summed E-state index contributed by atoms with van der Waals surface area (Å²) in [7, 11) is 3.67. The highest BCUT2D eigenvalue weighted by molar-refractivity contribution is 5.94. The fourth-order valence-electron chi connectivity index (χ4n) is 3.46. The SMILES string of the molecule is Cc1nn(C)c(C)c1-c1cc(C(=O)NC(C)c2nc3ccccc3[nH]2)n(C)n1. The molecule has 1 aromatic carbocycles. The van der Waals surface area contributed by atoms with Crippen molar-refractivity contribution in [3.05, 3.63) is 53.2 Å². The zero-order valence-corrected chi connectivity index (χ0v) is 16.6. The van der Waals surface area contributed by atoms with Gasteiger partial charge in [-0.3, -0.25) is 14.2 Å². The van der Waals surface area contributed by atoms with Crippen LogP contribution in [0.2, 0.25) is 0 Å². The van der Waals surface area contributed by atoms with E-state index in [4.69, 9.17) is 0 Å². The van der Waals surface area contributed by atoms with Crippen molar-refractivity contribution in [2.45, 2.75) is 26.8 Å². The largest absolute Gasteiger partial charge is 0.341 e. The summed E-state index contributed by atoms with van der Waals surface area (Å²) < 4.78 is 3.42. The molecule has 144 valence electrons. The van der Waals surface area contributed by atoms with Gasteiger partial charge in [0.25, 0.3) is 5.91 Å². The molecule has 8 heteroatoms. The molecule has 4 aromatic rings. The van der Waals surface area contributed by atoms with Crippen LogP contribution in [0.15, 0.2) is 30.3 Å². The van der Waals surface area contributed by atoms with Crippen LogP contribution in [0.1, 0.15) is 40.7 Å². The second-order valence-electron chi connectivity index (χ2n) is 7.04. The van der Waals surface area contributed by atoms with Gasteiger partial charge in [0.05, 0.1) is 28.5 Å². The summed E-state index contributed by atoms with van der Waals surface area (Å²) in [5, 5.41) is 12.0. The maximum atomic E-state index is 12.8. The third kappa shape index (κ3) is 2.96. The van der Waals surface area contributed by atoms with Crippen molar-refractivity contribution < 1.29 is 4.79 Å². The van der Waals surface area contributed by atoms with Crippen LogP contribution in [0.3, 0.4) is 0 Å². The molecular weight excluding hydrogens is 354 g/mol. The minimum absolute atomic E-state index is 0.201. The number of carbonyl (C=O) groups is 1. The minimum atomic E-state index is -0.264. The van der Waals surface area contributed by atoms with E-state index < -0.39 is 0 Å². The Balaban J connectivity index is 1.59. The topological polar surface area (TPSA) is 93.4 Å². The third-order valence-electron chi connectivity index (χ3n) is 5.04. The zero-order chi connectivity index (χ0) is 20.0. The number of H-pyrrole nitrogens is 1. The van der Waals surface area contributed by atoms with E-state index in [1.807, 2.05) is 56.8 Å². The Morgan fingerprint density at radius 2 is 1.89 bits per heavy atom. The molecule has 3 aromatic heterocycles. The van der Waals surface area contributed by atoms with Gasteiger partial charge >= 0.3 is 0 Å². The number of nitrogens with one attached hydrogen (secondary N) is 2. The third-order valence-corrected chi connectivity index (χ3v) is 5.04. The molecule has 0 saturated heterocycles. The zero-order valence-electron chi connectivity index (χ0n) is 16.6. The highest BCUT2D eigenvalue weighted by Crippen LogP contribution is 2.26. The summed E-state index contributed by atoms with van der Waals surface area (Å²) in [6.07, 6.45) is 0. The molecule has 0 aliphatic carbocycles. The van der Waals surface area contributed by atoms with Crippen LogP contribution in [-0.2, 0) is 14.1 Å². The van der Waals surface area contributed by atoms with E-state index in [9.17, 15) is 4.79 Å². The second kappa shape index (κ2) is 6.63. The first-order valence-electron chi connectivity index (χ1n) is 9.15. The number of hydrogen-bond donors (Lipinski definition) is 2. The van der Waals surface area contributed by atoms with Gasteiger partial charge in [0.1, 0.15) is 11.5 Å².